The molecule has 0 aliphatic rings. The molecule has 1 aromatic rings. The lowest BCUT2D eigenvalue weighted by atomic mass is 9.97. The summed E-state index contributed by atoms with van der Waals surface area (Å²) >= 11 is 0. The van der Waals surface area contributed by atoms with Crippen molar-refractivity contribution in [2.75, 3.05) is 13.1 Å². The molecular weight excluding hydrogens is 248 g/mol. The van der Waals surface area contributed by atoms with Crippen LogP contribution in [-0.2, 0) is 13.1 Å². The van der Waals surface area contributed by atoms with Gasteiger partial charge in [0.1, 0.15) is 0 Å². The SMILES string of the molecule is CC(C)(C)CNCc1ccc(CNCC(C)(C)C)nn1. The first-order valence-electron chi connectivity index (χ1n) is 7.39. The first-order valence-corrected chi connectivity index (χ1v) is 7.39. The number of nitrogens with one attached hydrogen (secondary N) is 2. The number of aromatic nitrogens is 2. The van der Waals surface area contributed by atoms with Gasteiger partial charge in [-0.25, -0.2) is 0 Å². The summed E-state index contributed by atoms with van der Waals surface area (Å²) in [7, 11) is 0. The highest BCUT2D eigenvalue weighted by Gasteiger charge is 2.10. The Kier molecular flexibility index (Phi) is 6.08. The summed E-state index contributed by atoms with van der Waals surface area (Å²) in [5.41, 5.74) is 2.58. The topological polar surface area (TPSA) is 49.8 Å². The van der Waals surface area contributed by atoms with E-state index in [9.17, 15) is 0 Å². The van der Waals surface area contributed by atoms with Crippen molar-refractivity contribution in [1.29, 1.82) is 0 Å². The monoisotopic (exact) mass is 278 g/mol. The average molecular weight is 278 g/mol. The fourth-order valence-electron chi connectivity index (χ4n) is 1.71. The first kappa shape index (κ1) is 17.1. The summed E-state index contributed by atoms with van der Waals surface area (Å²) in [5, 5.41) is 15.3. The lowest BCUT2D eigenvalue weighted by molar-refractivity contribution is 0.376. The molecule has 20 heavy (non-hydrogen) atoms. The highest BCUT2D eigenvalue weighted by atomic mass is 15.1. The Balaban J connectivity index is 2.33. The van der Waals surface area contributed by atoms with E-state index in [0.717, 1.165) is 37.6 Å². The van der Waals surface area contributed by atoms with Crippen LogP contribution in [-0.4, -0.2) is 23.3 Å². The van der Waals surface area contributed by atoms with E-state index >= 15 is 0 Å². The number of hydrogen-bond donors (Lipinski definition) is 2. The Bertz CT molecular complexity index is 345. The molecule has 0 fully saturated rings. The van der Waals surface area contributed by atoms with E-state index < -0.39 is 0 Å². The molecule has 0 saturated carbocycles. The molecule has 1 heterocycles. The van der Waals surface area contributed by atoms with Crippen molar-refractivity contribution in [2.45, 2.75) is 54.6 Å². The molecule has 0 radical (unpaired) electrons. The van der Waals surface area contributed by atoms with Crippen molar-refractivity contribution in [1.82, 2.24) is 20.8 Å². The minimum atomic E-state index is 0.296. The fourth-order valence-corrected chi connectivity index (χ4v) is 1.71. The standard InChI is InChI=1S/C16H30N4/c1-15(2,3)11-17-9-13-7-8-14(20-19-13)10-18-12-16(4,5)6/h7-8,17-18H,9-12H2,1-6H3. The maximum Gasteiger partial charge on any atom is 0.0769 e. The van der Waals surface area contributed by atoms with E-state index in [-0.39, 0.29) is 0 Å². The quantitative estimate of drug-likeness (QED) is 0.840. The van der Waals surface area contributed by atoms with E-state index in [1.54, 1.807) is 0 Å². The summed E-state index contributed by atoms with van der Waals surface area (Å²) < 4.78 is 0. The molecule has 0 unspecified atom stereocenters. The van der Waals surface area contributed by atoms with Gasteiger partial charge in [0.15, 0.2) is 0 Å². The van der Waals surface area contributed by atoms with E-state index in [0.29, 0.717) is 10.8 Å². The van der Waals surface area contributed by atoms with Crippen molar-refractivity contribution in [3.8, 4) is 0 Å². The summed E-state index contributed by atoms with van der Waals surface area (Å²) in [5.74, 6) is 0. The van der Waals surface area contributed by atoms with Gasteiger partial charge in [-0.1, -0.05) is 41.5 Å². The van der Waals surface area contributed by atoms with Gasteiger partial charge in [0.2, 0.25) is 0 Å². The summed E-state index contributed by atoms with van der Waals surface area (Å²) in [6, 6.07) is 4.10. The molecule has 0 atom stereocenters. The number of nitrogens with zero attached hydrogens (tertiary/aromatic N) is 2. The highest BCUT2D eigenvalue weighted by Crippen LogP contribution is 2.11. The van der Waals surface area contributed by atoms with Crippen LogP contribution in [0.5, 0.6) is 0 Å². The molecule has 1 aromatic heterocycles. The Morgan fingerprint density at radius 2 is 1.10 bits per heavy atom. The molecular formula is C16H30N4. The van der Waals surface area contributed by atoms with Crippen LogP contribution in [0.3, 0.4) is 0 Å². The predicted molar refractivity (Wildman–Crippen MR) is 84.4 cm³/mol. The van der Waals surface area contributed by atoms with Crippen LogP contribution in [0.2, 0.25) is 0 Å². The second-order valence-corrected chi connectivity index (χ2v) is 7.84. The van der Waals surface area contributed by atoms with Crippen molar-refractivity contribution in [3.05, 3.63) is 23.5 Å². The normalized spacial score (nSPS) is 12.7. The molecule has 0 aliphatic carbocycles. The molecule has 4 nitrogen and oxygen atoms in total. The second kappa shape index (κ2) is 7.14. The minimum Gasteiger partial charge on any atom is -0.311 e. The number of hydrogen-bond acceptors (Lipinski definition) is 4. The maximum absolute atomic E-state index is 4.26. The molecule has 114 valence electrons. The molecule has 0 aromatic carbocycles. The second-order valence-electron chi connectivity index (χ2n) is 7.84. The molecule has 0 saturated heterocycles. The predicted octanol–water partition coefficient (Wildman–Crippen LogP) is 2.75. The molecule has 0 spiro atoms. The highest BCUT2D eigenvalue weighted by molar-refractivity contribution is 5.06. The zero-order valence-corrected chi connectivity index (χ0v) is 13.9. The van der Waals surface area contributed by atoms with Gasteiger partial charge < -0.3 is 10.6 Å². The lowest BCUT2D eigenvalue weighted by Gasteiger charge is -2.19. The van der Waals surface area contributed by atoms with Crippen molar-refractivity contribution < 1.29 is 0 Å². The molecule has 0 amide bonds. The molecule has 0 bridgehead atoms. The van der Waals surface area contributed by atoms with Crippen molar-refractivity contribution in [3.63, 3.8) is 0 Å². The van der Waals surface area contributed by atoms with Crippen LogP contribution >= 0.6 is 0 Å². The zero-order valence-electron chi connectivity index (χ0n) is 13.9. The van der Waals surface area contributed by atoms with Gasteiger partial charge >= 0.3 is 0 Å². The smallest absolute Gasteiger partial charge is 0.0769 e. The third kappa shape index (κ3) is 8.23. The zero-order chi connectivity index (χ0) is 15.2. The third-order valence-corrected chi connectivity index (χ3v) is 2.70. The average Bonchev–Trinajstić information content (AvgIpc) is 2.28. The van der Waals surface area contributed by atoms with Crippen LogP contribution in [0.1, 0.15) is 52.9 Å². The largest absolute Gasteiger partial charge is 0.311 e. The van der Waals surface area contributed by atoms with Gasteiger partial charge in [0.05, 0.1) is 11.4 Å². The summed E-state index contributed by atoms with van der Waals surface area (Å²) in [6.07, 6.45) is 0. The van der Waals surface area contributed by atoms with Gasteiger partial charge in [-0.15, -0.1) is 0 Å². The van der Waals surface area contributed by atoms with E-state index in [1.807, 2.05) is 0 Å². The summed E-state index contributed by atoms with van der Waals surface area (Å²) in [6.45, 7) is 16.8. The summed E-state index contributed by atoms with van der Waals surface area (Å²) in [4.78, 5) is 0. The van der Waals surface area contributed by atoms with E-state index in [2.05, 4.69) is 74.5 Å². The third-order valence-electron chi connectivity index (χ3n) is 2.70. The van der Waals surface area contributed by atoms with Gasteiger partial charge in [-0.05, 0) is 23.0 Å². The van der Waals surface area contributed by atoms with Crippen LogP contribution in [0.25, 0.3) is 0 Å². The van der Waals surface area contributed by atoms with Crippen molar-refractivity contribution >= 4 is 0 Å². The van der Waals surface area contributed by atoms with Crippen LogP contribution in [0.15, 0.2) is 12.1 Å². The fraction of sp³-hybridized carbons (Fsp3) is 0.750. The molecule has 0 aliphatic heterocycles. The van der Waals surface area contributed by atoms with Gasteiger partial charge in [-0.2, -0.15) is 10.2 Å². The Morgan fingerprint density at radius 1 is 0.750 bits per heavy atom. The van der Waals surface area contributed by atoms with Crippen molar-refractivity contribution in [2.24, 2.45) is 10.8 Å². The maximum atomic E-state index is 4.26. The van der Waals surface area contributed by atoms with Crippen LogP contribution in [0.4, 0.5) is 0 Å². The van der Waals surface area contributed by atoms with Crippen LogP contribution < -0.4 is 10.6 Å². The lowest BCUT2D eigenvalue weighted by Crippen LogP contribution is -2.27. The van der Waals surface area contributed by atoms with Gasteiger partial charge in [-0.3, -0.25) is 0 Å². The Labute approximate surface area is 123 Å². The van der Waals surface area contributed by atoms with Crippen LogP contribution in [0, 0.1) is 10.8 Å². The first-order chi connectivity index (χ1) is 9.16. The Hall–Kier alpha value is -1.00. The van der Waals surface area contributed by atoms with E-state index in [4.69, 9.17) is 0 Å². The Morgan fingerprint density at radius 3 is 1.35 bits per heavy atom. The molecule has 2 N–H and O–H groups in total. The minimum absolute atomic E-state index is 0.296. The van der Waals surface area contributed by atoms with Gasteiger partial charge in [0.25, 0.3) is 0 Å². The number of rotatable bonds is 6. The molecule has 1 rings (SSSR count). The van der Waals surface area contributed by atoms with Gasteiger partial charge in [0, 0.05) is 26.2 Å². The molecule has 4 heteroatoms. The van der Waals surface area contributed by atoms with E-state index in [1.165, 1.54) is 0 Å².